The standard InChI is InChI=1S/C19H29N2O3P/c1-14(16-9-7-15(12-20)8-10-16)21-13-18(22)11-19(25(23)24)17-5-3-2-4-6-17/h7-10,14,17-19,21-22,25H,2-6,11,13H2,1H3,(H,23,24)/t14-,18+,19?/m1/s1. The molecule has 1 fully saturated rings. The van der Waals surface area contributed by atoms with Crippen LogP contribution in [-0.4, -0.2) is 28.3 Å². The fraction of sp³-hybridized carbons (Fsp3) is 0.632. The van der Waals surface area contributed by atoms with Gasteiger partial charge < -0.3 is 15.3 Å². The van der Waals surface area contributed by atoms with Crippen LogP contribution in [0.5, 0.6) is 0 Å². The van der Waals surface area contributed by atoms with Crippen LogP contribution >= 0.6 is 8.03 Å². The van der Waals surface area contributed by atoms with Crippen LogP contribution in [0.15, 0.2) is 24.3 Å². The SMILES string of the molecule is C[C@@H](NC[C@@H](O)CC(C1CCCCC1)[PH](=O)O)c1ccc(C#N)cc1. The number of hydrogen-bond acceptors (Lipinski definition) is 4. The van der Waals surface area contributed by atoms with Crippen molar-refractivity contribution in [3.05, 3.63) is 35.4 Å². The number of nitrogens with one attached hydrogen (secondary N) is 1. The van der Waals surface area contributed by atoms with E-state index < -0.39 is 14.1 Å². The third-order valence-electron chi connectivity index (χ3n) is 5.26. The molecule has 1 aliphatic rings. The van der Waals surface area contributed by atoms with E-state index in [1.165, 1.54) is 6.42 Å². The zero-order chi connectivity index (χ0) is 18.2. The molecule has 6 heteroatoms. The summed E-state index contributed by atoms with van der Waals surface area (Å²) >= 11 is 0. The first-order valence-corrected chi connectivity index (χ1v) is 10.6. The van der Waals surface area contributed by atoms with E-state index in [0.717, 1.165) is 31.2 Å². The van der Waals surface area contributed by atoms with Crippen LogP contribution in [0.4, 0.5) is 0 Å². The van der Waals surface area contributed by atoms with E-state index in [2.05, 4.69) is 11.4 Å². The summed E-state index contributed by atoms with van der Waals surface area (Å²) in [4.78, 5) is 9.71. The molecule has 0 aliphatic heterocycles. The van der Waals surface area contributed by atoms with Crippen LogP contribution in [0.25, 0.3) is 0 Å². The van der Waals surface area contributed by atoms with Gasteiger partial charge in [-0.3, -0.25) is 4.57 Å². The minimum absolute atomic E-state index is 0.0432. The first kappa shape index (κ1) is 20.1. The Morgan fingerprint density at radius 2 is 1.92 bits per heavy atom. The monoisotopic (exact) mass is 364 g/mol. The number of rotatable bonds is 8. The number of aliphatic hydroxyl groups excluding tert-OH is 1. The van der Waals surface area contributed by atoms with E-state index in [9.17, 15) is 14.6 Å². The Morgan fingerprint density at radius 3 is 2.48 bits per heavy atom. The highest BCUT2D eigenvalue weighted by Crippen LogP contribution is 2.40. The average molecular weight is 364 g/mol. The van der Waals surface area contributed by atoms with Crippen molar-refractivity contribution in [2.45, 2.75) is 63.3 Å². The third-order valence-corrected chi connectivity index (χ3v) is 6.60. The van der Waals surface area contributed by atoms with Crippen molar-refractivity contribution in [3.8, 4) is 6.07 Å². The number of aliphatic hydroxyl groups is 1. The lowest BCUT2D eigenvalue weighted by atomic mass is 9.85. The van der Waals surface area contributed by atoms with E-state index >= 15 is 0 Å². The highest BCUT2D eigenvalue weighted by Gasteiger charge is 2.29. The van der Waals surface area contributed by atoms with Crippen molar-refractivity contribution >= 4 is 8.03 Å². The predicted octanol–water partition coefficient (Wildman–Crippen LogP) is 3.38. The molecule has 0 bridgehead atoms. The van der Waals surface area contributed by atoms with Gasteiger partial charge in [0.2, 0.25) is 0 Å². The quantitative estimate of drug-likeness (QED) is 0.615. The molecule has 1 aromatic carbocycles. The van der Waals surface area contributed by atoms with E-state index in [1.807, 2.05) is 19.1 Å². The maximum atomic E-state index is 11.8. The van der Waals surface area contributed by atoms with Gasteiger partial charge in [-0.05, 0) is 49.8 Å². The zero-order valence-electron chi connectivity index (χ0n) is 14.8. The Morgan fingerprint density at radius 1 is 1.28 bits per heavy atom. The Hall–Kier alpha value is -1.18. The Balaban J connectivity index is 1.84. The van der Waals surface area contributed by atoms with Crippen molar-refractivity contribution in [1.29, 1.82) is 5.26 Å². The molecule has 1 aromatic rings. The Labute approximate surface area is 150 Å². The molecular weight excluding hydrogens is 335 g/mol. The molecule has 3 N–H and O–H groups in total. The maximum Gasteiger partial charge on any atom is 0.192 e. The number of hydrogen-bond donors (Lipinski definition) is 3. The summed E-state index contributed by atoms with van der Waals surface area (Å²) in [5, 5.41) is 22.5. The Bertz CT molecular complexity index is 594. The molecule has 0 amide bonds. The van der Waals surface area contributed by atoms with E-state index in [1.54, 1.807) is 12.1 Å². The molecule has 0 aromatic heterocycles. The van der Waals surface area contributed by atoms with Gasteiger partial charge in [-0.25, -0.2) is 0 Å². The zero-order valence-corrected chi connectivity index (χ0v) is 15.8. The molecule has 138 valence electrons. The second-order valence-electron chi connectivity index (χ2n) is 7.10. The van der Waals surface area contributed by atoms with E-state index in [-0.39, 0.29) is 17.6 Å². The third kappa shape index (κ3) is 6.24. The van der Waals surface area contributed by atoms with E-state index in [4.69, 9.17) is 5.26 Å². The van der Waals surface area contributed by atoms with Crippen LogP contribution < -0.4 is 5.32 Å². The van der Waals surface area contributed by atoms with Gasteiger partial charge >= 0.3 is 0 Å². The molecule has 1 aliphatic carbocycles. The largest absolute Gasteiger partial charge is 0.392 e. The van der Waals surface area contributed by atoms with Crippen molar-refractivity contribution in [3.63, 3.8) is 0 Å². The van der Waals surface area contributed by atoms with Crippen LogP contribution in [0.1, 0.15) is 62.6 Å². The topological polar surface area (TPSA) is 93.3 Å². The second-order valence-corrected chi connectivity index (χ2v) is 8.51. The second kappa shape index (κ2) is 10.1. The maximum absolute atomic E-state index is 11.8. The van der Waals surface area contributed by atoms with Gasteiger partial charge in [0.1, 0.15) is 0 Å². The molecule has 2 rings (SSSR count). The molecule has 25 heavy (non-hydrogen) atoms. The van der Waals surface area contributed by atoms with Crippen molar-refractivity contribution in [2.75, 3.05) is 6.54 Å². The molecule has 5 nitrogen and oxygen atoms in total. The minimum Gasteiger partial charge on any atom is -0.392 e. The lowest BCUT2D eigenvalue weighted by Crippen LogP contribution is -2.33. The number of nitriles is 1. The summed E-state index contributed by atoms with van der Waals surface area (Å²) in [7, 11) is -2.63. The molecule has 1 saturated carbocycles. The average Bonchev–Trinajstić information content (AvgIpc) is 2.64. The van der Waals surface area contributed by atoms with Crippen molar-refractivity contribution in [1.82, 2.24) is 5.32 Å². The van der Waals surface area contributed by atoms with Crippen LogP contribution in [0, 0.1) is 17.2 Å². The van der Waals surface area contributed by atoms with Gasteiger partial charge in [0.25, 0.3) is 0 Å². The van der Waals surface area contributed by atoms with Crippen molar-refractivity contribution < 1.29 is 14.6 Å². The normalized spacial score (nSPS) is 20.4. The highest BCUT2D eigenvalue weighted by molar-refractivity contribution is 7.38. The van der Waals surface area contributed by atoms with Gasteiger partial charge in [0, 0.05) is 18.2 Å². The number of nitrogens with zero attached hydrogens (tertiary/aromatic N) is 1. The van der Waals surface area contributed by atoms with Gasteiger partial charge in [-0.2, -0.15) is 5.26 Å². The molecule has 0 saturated heterocycles. The summed E-state index contributed by atoms with van der Waals surface area (Å²) in [5.41, 5.74) is 1.40. The summed E-state index contributed by atoms with van der Waals surface area (Å²) in [5.74, 6) is 0.274. The summed E-state index contributed by atoms with van der Waals surface area (Å²) in [6.45, 7) is 2.39. The van der Waals surface area contributed by atoms with E-state index in [0.29, 0.717) is 18.5 Å². The van der Waals surface area contributed by atoms with Gasteiger partial charge in [0.15, 0.2) is 8.03 Å². The fourth-order valence-electron chi connectivity index (χ4n) is 3.68. The predicted molar refractivity (Wildman–Crippen MR) is 99.8 cm³/mol. The Kier molecular flexibility index (Phi) is 8.12. The van der Waals surface area contributed by atoms with Crippen molar-refractivity contribution in [2.24, 2.45) is 5.92 Å². The van der Waals surface area contributed by atoms with Crippen LogP contribution in [0.2, 0.25) is 0 Å². The molecule has 0 radical (unpaired) electrons. The first-order valence-electron chi connectivity index (χ1n) is 9.15. The molecule has 0 spiro atoms. The van der Waals surface area contributed by atoms with Gasteiger partial charge in [-0.1, -0.05) is 31.4 Å². The smallest absolute Gasteiger partial charge is 0.192 e. The lowest BCUT2D eigenvalue weighted by molar-refractivity contribution is 0.144. The lowest BCUT2D eigenvalue weighted by Gasteiger charge is -2.30. The van der Waals surface area contributed by atoms with Crippen LogP contribution in [0.3, 0.4) is 0 Å². The molecule has 2 unspecified atom stereocenters. The summed E-state index contributed by atoms with van der Waals surface area (Å²) < 4.78 is 11.8. The van der Waals surface area contributed by atoms with Gasteiger partial charge in [0.05, 0.1) is 17.7 Å². The molecule has 4 atom stereocenters. The minimum atomic E-state index is -2.63. The first-order chi connectivity index (χ1) is 12.0. The fourth-order valence-corrected chi connectivity index (χ4v) is 4.90. The van der Waals surface area contributed by atoms with Gasteiger partial charge in [-0.15, -0.1) is 0 Å². The number of benzene rings is 1. The van der Waals surface area contributed by atoms with Crippen LogP contribution in [-0.2, 0) is 4.57 Å². The summed E-state index contributed by atoms with van der Waals surface area (Å²) in [6, 6.07) is 9.50. The summed E-state index contributed by atoms with van der Waals surface area (Å²) in [6.07, 6.45) is 5.22. The molecule has 0 heterocycles. The molecular formula is C19H29N2O3P. The highest BCUT2D eigenvalue weighted by atomic mass is 31.1.